The number of likely N-dealkylation sites (N-methyl/N-ethyl adjacent to an activating group) is 2. The predicted octanol–water partition coefficient (Wildman–Crippen LogP) is 2.56. The zero-order chi connectivity index (χ0) is 13.9. The summed E-state index contributed by atoms with van der Waals surface area (Å²) in [5.41, 5.74) is 0.947. The maximum absolute atomic E-state index is 6.18. The lowest BCUT2D eigenvalue weighted by Gasteiger charge is -2.23. The molecule has 0 amide bonds. The molecular weight excluding hydrogens is 248 g/mol. The summed E-state index contributed by atoms with van der Waals surface area (Å²) in [6.45, 7) is 8.01. The van der Waals surface area contributed by atoms with E-state index in [2.05, 4.69) is 47.7 Å². The number of nitrogens with zero attached hydrogens (tertiary/aromatic N) is 4. The fourth-order valence-corrected chi connectivity index (χ4v) is 1.75. The first-order chi connectivity index (χ1) is 8.32. The zero-order valence-corrected chi connectivity index (χ0v) is 12.9. The molecule has 0 saturated carbocycles. The number of halogens is 1. The van der Waals surface area contributed by atoms with E-state index in [-0.39, 0.29) is 5.92 Å². The first-order valence-electron chi connectivity index (χ1n) is 6.22. The van der Waals surface area contributed by atoms with Crippen LogP contribution in [0.25, 0.3) is 0 Å². The van der Waals surface area contributed by atoms with Crippen LogP contribution < -0.4 is 4.90 Å². The Morgan fingerprint density at radius 2 is 1.72 bits per heavy atom. The van der Waals surface area contributed by atoms with E-state index in [1.54, 1.807) is 0 Å². The minimum absolute atomic E-state index is 0.282. The minimum atomic E-state index is 0.282. The number of aromatic nitrogens is 2. The molecule has 0 aliphatic carbocycles. The Kier molecular flexibility index (Phi) is 5.35. The fourth-order valence-electron chi connectivity index (χ4n) is 1.58. The molecule has 0 bridgehead atoms. The van der Waals surface area contributed by atoms with Gasteiger partial charge in [-0.2, -0.15) is 0 Å². The van der Waals surface area contributed by atoms with Crippen molar-refractivity contribution in [1.29, 1.82) is 0 Å². The van der Waals surface area contributed by atoms with Gasteiger partial charge in [-0.05, 0) is 21.0 Å². The topological polar surface area (TPSA) is 32.3 Å². The molecule has 0 fully saturated rings. The van der Waals surface area contributed by atoms with Gasteiger partial charge in [-0.15, -0.1) is 0 Å². The van der Waals surface area contributed by atoms with Crippen LogP contribution in [0.15, 0.2) is 0 Å². The van der Waals surface area contributed by atoms with Crippen molar-refractivity contribution in [3.05, 3.63) is 16.5 Å². The van der Waals surface area contributed by atoms with Gasteiger partial charge in [0.25, 0.3) is 0 Å². The summed E-state index contributed by atoms with van der Waals surface area (Å²) in [5, 5.41) is 0.556. The summed E-state index contributed by atoms with van der Waals surface area (Å²) in [4.78, 5) is 13.2. The lowest BCUT2D eigenvalue weighted by molar-refractivity contribution is 0.416. The summed E-state index contributed by atoms with van der Waals surface area (Å²) in [7, 11) is 6.17. The van der Waals surface area contributed by atoms with Crippen molar-refractivity contribution >= 4 is 17.4 Å². The third-order valence-corrected chi connectivity index (χ3v) is 3.21. The Hall–Kier alpha value is -0.870. The van der Waals surface area contributed by atoms with Gasteiger partial charge in [0.1, 0.15) is 16.8 Å². The molecule has 0 atom stereocenters. The lowest BCUT2D eigenvalue weighted by atomic mass is 10.2. The van der Waals surface area contributed by atoms with Gasteiger partial charge in [0, 0.05) is 31.6 Å². The Labute approximate surface area is 115 Å². The number of hydrogen-bond donors (Lipinski definition) is 0. The van der Waals surface area contributed by atoms with Crippen LogP contribution in [0.1, 0.15) is 31.2 Å². The van der Waals surface area contributed by atoms with E-state index >= 15 is 0 Å². The second-order valence-electron chi connectivity index (χ2n) is 5.20. The average Bonchev–Trinajstić information content (AvgIpc) is 2.29. The highest BCUT2D eigenvalue weighted by atomic mass is 35.5. The maximum Gasteiger partial charge on any atom is 0.137 e. The molecule has 18 heavy (non-hydrogen) atoms. The largest absolute Gasteiger partial charge is 0.358 e. The summed E-state index contributed by atoms with van der Waals surface area (Å²) in [6.07, 6.45) is 0. The Morgan fingerprint density at radius 1 is 1.11 bits per heavy atom. The van der Waals surface area contributed by atoms with Crippen LogP contribution in [0, 0.1) is 6.92 Å². The summed E-state index contributed by atoms with van der Waals surface area (Å²) >= 11 is 6.18. The van der Waals surface area contributed by atoms with Crippen molar-refractivity contribution in [2.24, 2.45) is 0 Å². The predicted molar refractivity (Wildman–Crippen MR) is 77.7 cm³/mol. The zero-order valence-electron chi connectivity index (χ0n) is 12.2. The summed E-state index contributed by atoms with van der Waals surface area (Å²) in [5.74, 6) is 2.02. The highest BCUT2D eigenvalue weighted by molar-refractivity contribution is 6.30. The Bertz CT molecular complexity index is 404. The van der Waals surface area contributed by atoms with Gasteiger partial charge in [-0.25, -0.2) is 9.97 Å². The summed E-state index contributed by atoms with van der Waals surface area (Å²) < 4.78 is 0. The van der Waals surface area contributed by atoms with Crippen LogP contribution >= 0.6 is 11.6 Å². The Morgan fingerprint density at radius 3 is 2.22 bits per heavy atom. The van der Waals surface area contributed by atoms with Crippen LogP contribution in [0.5, 0.6) is 0 Å². The maximum atomic E-state index is 6.18. The first kappa shape index (κ1) is 15.2. The fraction of sp³-hybridized carbons (Fsp3) is 0.692. The molecule has 1 heterocycles. The van der Waals surface area contributed by atoms with Crippen molar-refractivity contribution < 1.29 is 0 Å². The smallest absolute Gasteiger partial charge is 0.137 e. The molecule has 0 N–H and O–H groups in total. The van der Waals surface area contributed by atoms with Gasteiger partial charge in [0.15, 0.2) is 0 Å². The number of hydrogen-bond acceptors (Lipinski definition) is 4. The van der Waals surface area contributed by atoms with E-state index in [0.29, 0.717) is 5.15 Å². The van der Waals surface area contributed by atoms with Crippen molar-refractivity contribution in [3.63, 3.8) is 0 Å². The molecule has 1 rings (SSSR count). The second kappa shape index (κ2) is 6.34. The molecule has 5 heteroatoms. The molecule has 0 aliphatic heterocycles. The molecular formula is C13H23ClN4. The van der Waals surface area contributed by atoms with Gasteiger partial charge in [0.2, 0.25) is 0 Å². The monoisotopic (exact) mass is 270 g/mol. The highest BCUT2D eigenvalue weighted by Gasteiger charge is 2.14. The van der Waals surface area contributed by atoms with E-state index in [4.69, 9.17) is 11.6 Å². The summed E-state index contributed by atoms with van der Waals surface area (Å²) in [6, 6.07) is 0. The van der Waals surface area contributed by atoms with E-state index in [1.165, 1.54) is 0 Å². The van der Waals surface area contributed by atoms with E-state index in [0.717, 1.165) is 30.3 Å². The van der Waals surface area contributed by atoms with Crippen LogP contribution in [-0.4, -0.2) is 49.1 Å². The molecule has 0 aliphatic rings. The van der Waals surface area contributed by atoms with Gasteiger partial charge in [0.05, 0.1) is 0 Å². The lowest BCUT2D eigenvalue weighted by Crippen LogP contribution is -2.30. The standard InChI is InChI=1S/C13H23ClN4/c1-9(2)12-15-11(14)10(3)13(16-12)18(6)8-7-17(4)5/h9H,7-8H2,1-6H3. The number of anilines is 1. The van der Waals surface area contributed by atoms with Crippen LogP contribution in [0.4, 0.5) is 5.82 Å². The van der Waals surface area contributed by atoms with Gasteiger partial charge < -0.3 is 9.80 Å². The van der Waals surface area contributed by atoms with Crippen molar-refractivity contribution in [2.45, 2.75) is 26.7 Å². The SMILES string of the molecule is Cc1c(Cl)nc(C(C)C)nc1N(C)CCN(C)C. The van der Waals surface area contributed by atoms with Gasteiger partial charge in [-0.3, -0.25) is 0 Å². The van der Waals surface area contributed by atoms with Crippen molar-refractivity contribution in [2.75, 3.05) is 39.1 Å². The molecule has 4 nitrogen and oxygen atoms in total. The average molecular weight is 271 g/mol. The van der Waals surface area contributed by atoms with Crippen LogP contribution in [0.2, 0.25) is 5.15 Å². The Balaban J connectivity index is 2.99. The van der Waals surface area contributed by atoms with E-state index in [9.17, 15) is 0 Å². The van der Waals surface area contributed by atoms with Crippen molar-refractivity contribution in [3.8, 4) is 0 Å². The third kappa shape index (κ3) is 3.82. The quantitative estimate of drug-likeness (QED) is 0.770. The third-order valence-electron chi connectivity index (χ3n) is 2.84. The molecule has 1 aromatic heterocycles. The molecule has 0 radical (unpaired) electrons. The van der Waals surface area contributed by atoms with Gasteiger partial charge in [-0.1, -0.05) is 25.4 Å². The molecule has 1 aromatic rings. The van der Waals surface area contributed by atoms with E-state index in [1.807, 2.05) is 14.0 Å². The molecule has 0 aromatic carbocycles. The highest BCUT2D eigenvalue weighted by Crippen LogP contribution is 2.24. The van der Waals surface area contributed by atoms with Gasteiger partial charge >= 0.3 is 0 Å². The normalized spacial score (nSPS) is 11.4. The van der Waals surface area contributed by atoms with Crippen molar-refractivity contribution in [1.82, 2.24) is 14.9 Å². The van der Waals surface area contributed by atoms with Crippen LogP contribution in [0.3, 0.4) is 0 Å². The first-order valence-corrected chi connectivity index (χ1v) is 6.60. The molecule has 102 valence electrons. The van der Waals surface area contributed by atoms with Crippen LogP contribution in [-0.2, 0) is 0 Å². The second-order valence-corrected chi connectivity index (χ2v) is 5.56. The molecule has 0 saturated heterocycles. The molecule has 0 unspecified atom stereocenters. The number of rotatable bonds is 5. The minimum Gasteiger partial charge on any atom is -0.358 e. The molecule has 0 spiro atoms. The van der Waals surface area contributed by atoms with E-state index < -0.39 is 0 Å².